The van der Waals surface area contributed by atoms with Gasteiger partial charge in [-0.15, -0.1) is 11.3 Å². The van der Waals surface area contributed by atoms with Gasteiger partial charge in [0.15, 0.2) is 6.29 Å². The summed E-state index contributed by atoms with van der Waals surface area (Å²) in [6.45, 7) is 11.4. The summed E-state index contributed by atoms with van der Waals surface area (Å²) in [5.74, 6) is 0. The number of carbonyl (C=O) groups is 1. The first kappa shape index (κ1) is 11.7. The standard InChI is InChI=1S/C13H14OS/c1-5-10(8-14)13-9(4)11(6-2)12(7-3)15-13/h5-8H,2-3H2,1,4H3/b10-5-. The van der Waals surface area contributed by atoms with Gasteiger partial charge < -0.3 is 0 Å². The second-order valence-corrected chi connectivity index (χ2v) is 4.16. The van der Waals surface area contributed by atoms with E-state index in [1.165, 1.54) is 0 Å². The Hall–Kier alpha value is -1.41. The molecule has 1 aromatic heterocycles. The average Bonchev–Trinajstić information content (AvgIpc) is 2.57. The van der Waals surface area contributed by atoms with Gasteiger partial charge in [-0.3, -0.25) is 4.79 Å². The number of hydrogen-bond acceptors (Lipinski definition) is 2. The van der Waals surface area contributed by atoms with Crippen LogP contribution < -0.4 is 0 Å². The fourth-order valence-electron chi connectivity index (χ4n) is 1.48. The Labute approximate surface area is 94.4 Å². The van der Waals surface area contributed by atoms with Crippen molar-refractivity contribution in [3.05, 3.63) is 40.1 Å². The lowest BCUT2D eigenvalue weighted by molar-refractivity contribution is -0.103. The average molecular weight is 218 g/mol. The van der Waals surface area contributed by atoms with E-state index < -0.39 is 0 Å². The molecule has 0 aromatic carbocycles. The first-order valence-corrected chi connectivity index (χ1v) is 5.51. The number of hydrogen-bond donors (Lipinski definition) is 0. The third-order valence-electron chi connectivity index (χ3n) is 2.31. The first-order valence-electron chi connectivity index (χ1n) is 4.69. The summed E-state index contributed by atoms with van der Waals surface area (Å²) in [5.41, 5.74) is 2.91. The lowest BCUT2D eigenvalue weighted by atomic mass is 10.1. The van der Waals surface area contributed by atoms with Crippen LogP contribution in [0.2, 0.25) is 0 Å². The number of aldehydes is 1. The molecular weight excluding hydrogens is 204 g/mol. The maximum Gasteiger partial charge on any atom is 0.151 e. The summed E-state index contributed by atoms with van der Waals surface area (Å²) < 4.78 is 0. The Bertz CT molecular complexity index is 436. The van der Waals surface area contributed by atoms with Crippen molar-refractivity contribution < 1.29 is 4.79 Å². The molecule has 0 radical (unpaired) electrons. The van der Waals surface area contributed by atoms with Gasteiger partial charge in [0.25, 0.3) is 0 Å². The van der Waals surface area contributed by atoms with E-state index in [1.807, 2.05) is 26.0 Å². The number of rotatable bonds is 4. The summed E-state index contributed by atoms with van der Waals surface area (Å²) >= 11 is 1.58. The van der Waals surface area contributed by atoms with Gasteiger partial charge in [-0.1, -0.05) is 31.4 Å². The largest absolute Gasteiger partial charge is 0.298 e. The molecule has 2 heteroatoms. The normalized spacial score (nSPS) is 11.2. The minimum absolute atomic E-state index is 0.730. The van der Waals surface area contributed by atoms with Crippen LogP contribution in [0.3, 0.4) is 0 Å². The highest BCUT2D eigenvalue weighted by molar-refractivity contribution is 7.14. The number of thiophene rings is 1. The predicted octanol–water partition coefficient (Wildman–Crippen LogP) is 3.94. The molecule has 15 heavy (non-hydrogen) atoms. The third kappa shape index (κ3) is 2.00. The van der Waals surface area contributed by atoms with Crippen LogP contribution >= 0.6 is 11.3 Å². The minimum Gasteiger partial charge on any atom is -0.298 e. The molecule has 0 spiro atoms. The van der Waals surface area contributed by atoms with E-state index in [2.05, 4.69) is 13.2 Å². The van der Waals surface area contributed by atoms with Crippen LogP contribution in [-0.2, 0) is 4.79 Å². The van der Waals surface area contributed by atoms with Crippen molar-refractivity contribution >= 4 is 35.3 Å². The van der Waals surface area contributed by atoms with E-state index in [4.69, 9.17) is 0 Å². The third-order valence-corrected chi connectivity index (χ3v) is 3.66. The van der Waals surface area contributed by atoms with E-state index in [0.717, 1.165) is 32.7 Å². The van der Waals surface area contributed by atoms with Crippen molar-refractivity contribution in [2.24, 2.45) is 0 Å². The summed E-state index contributed by atoms with van der Waals surface area (Å²) in [7, 11) is 0. The van der Waals surface area contributed by atoms with Crippen LogP contribution in [0.5, 0.6) is 0 Å². The minimum atomic E-state index is 0.730. The maximum atomic E-state index is 10.9. The highest BCUT2D eigenvalue weighted by Gasteiger charge is 2.12. The van der Waals surface area contributed by atoms with Crippen molar-refractivity contribution in [2.75, 3.05) is 0 Å². The van der Waals surface area contributed by atoms with Gasteiger partial charge in [-0.25, -0.2) is 0 Å². The van der Waals surface area contributed by atoms with Crippen LogP contribution in [0.4, 0.5) is 0 Å². The van der Waals surface area contributed by atoms with Crippen molar-refractivity contribution in [3.8, 4) is 0 Å². The number of carbonyl (C=O) groups excluding carboxylic acids is 1. The Morgan fingerprint density at radius 3 is 2.33 bits per heavy atom. The van der Waals surface area contributed by atoms with Gasteiger partial charge in [-0.05, 0) is 25.0 Å². The molecule has 1 nitrogen and oxygen atoms in total. The molecule has 0 unspecified atom stereocenters. The van der Waals surface area contributed by atoms with E-state index in [9.17, 15) is 4.79 Å². The molecule has 0 N–H and O–H groups in total. The molecule has 0 aliphatic heterocycles. The fraction of sp³-hybridized carbons (Fsp3) is 0.154. The Balaban J connectivity index is 3.45. The Morgan fingerprint density at radius 1 is 1.33 bits per heavy atom. The molecule has 0 amide bonds. The molecule has 1 rings (SSSR count). The van der Waals surface area contributed by atoms with E-state index >= 15 is 0 Å². The topological polar surface area (TPSA) is 17.1 Å². The molecule has 0 fully saturated rings. The summed E-state index contributed by atoms with van der Waals surface area (Å²) in [5, 5.41) is 0. The zero-order valence-electron chi connectivity index (χ0n) is 9.04. The lowest BCUT2D eigenvalue weighted by Gasteiger charge is -1.97. The lowest BCUT2D eigenvalue weighted by Crippen LogP contribution is -1.84. The zero-order chi connectivity index (χ0) is 11.4. The van der Waals surface area contributed by atoms with Crippen molar-refractivity contribution in [1.29, 1.82) is 0 Å². The second kappa shape index (κ2) is 4.89. The number of allylic oxidation sites excluding steroid dienone is 2. The van der Waals surface area contributed by atoms with Gasteiger partial charge in [0.1, 0.15) is 0 Å². The van der Waals surface area contributed by atoms with Crippen LogP contribution in [-0.4, -0.2) is 6.29 Å². The molecule has 0 saturated heterocycles. The SMILES string of the molecule is C=Cc1sc(/C(C=O)=C\C)c(C)c1C=C. The van der Waals surface area contributed by atoms with Gasteiger partial charge >= 0.3 is 0 Å². The van der Waals surface area contributed by atoms with Crippen LogP contribution in [0.25, 0.3) is 17.7 Å². The summed E-state index contributed by atoms with van der Waals surface area (Å²) in [4.78, 5) is 13.0. The van der Waals surface area contributed by atoms with Crippen molar-refractivity contribution in [3.63, 3.8) is 0 Å². The quantitative estimate of drug-likeness (QED) is 0.552. The van der Waals surface area contributed by atoms with E-state index in [1.54, 1.807) is 17.4 Å². The predicted molar refractivity (Wildman–Crippen MR) is 69.0 cm³/mol. The molecule has 78 valence electrons. The molecule has 0 aliphatic rings. The molecule has 0 aliphatic carbocycles. The van der Waals surface area contributed by atoms with Gasteiger partial charge in [0.2, 0.25) is 0 Å². The molecule has 1 heterocycles. The van der Waals surface area contributed by atoms with E-state index in [-0.39, 0.29) is 0 Å². The fourth-order valence-corrected chi connectivity index (χ4v) is 2.68. The molecule has 0 atom stereocenters. The monoisotopic (exact) mass is 218 g/mol. The second-order valence-electron chi connectivity index (χ2n) is 3.10. The van der Waals surface area contributed by atoms with Crippen LogP contribution in [0.15, 0.2) is 19.2 Å². The molecule has 1 aromatic rings. The first-order chi connectivity index (χ1) is 7.19. The Kier molecular flexibility index (Phi) is 3.81. The smallest absolute Gasteiger partial charge is 0.151 e. The molecular formula is C13H14OS. The Morgan fingerprint density at radius 2 is 2.00 bits per heavy atom. The van der Waals surface area contributed by atoms with Crippen molar-refractivity contribution in [2.45, 2.75) is 13.8 Å². The van der Waals surface area contributed by atoms with Crippen molar-refractivity contribution in [1.82, 2.24) is 0 Å². The molecule has 0 saturated carbocycles. The van der Waals surface area contributed by atoms with Gasteiger partial charge in [-0.2, -0.15) is 0 Å². The maximum absolute atomic E-state index is 10.9. The highest BCUT2D eigenvalue weighted by atomic mass is 32.1. The van der Waals surface area contributed by atoms with Gasteiger partial charge in [0.05, 0.1) is 0 Å². The summed E-state index contributed by atoms with van der Waals surface area (Å²) in [6, 6.07) is 0. The van der Waals surface area contributed by atoms with Crippen LogP contribution in [0.1, 0.15) is 27.8 Å². The van der Waals surface area contributed by atoms with Crippen LogP contribution in [0, 0.1) is 6.92 Å². The van der Waals surface area contributed by atoms with E-state index in [0.29, 0.717) is 0 Å². The highest BCUT2D eigenvalue weighted by Crippen LogP contribution is 2.33. The van der Waals surface area contributed by atoms with Gasteiger partial charge in [0, 0.05) is 15.3 Å². The zero-order valence-corrected chi connectivity index (χ0v) is 9.86. The molecule has 0 bridgehead atoms. The summed E-state index contributed by atoms with van der Waals surface area (Å²) in [6.07, 6.45) is 6.32.